The van der Waals surface area contributed by atoms with E-state index in [0.717, 1.165) is 10.9 Å². The monoisotopic (exact) mass is 397 g/mol. The molecular weight excluding hydrogens is 392 g/mol. The minimum Gasteiger partial charge on any atom is -0.383 e. The van der Waals surface area contributed by atoms with E-state index in [0.29, 0.717) is 5.82 Å². The molecule has 5 heteroatoms. The lowest BCUT2D eigenvalue weighted by molar-refractivity contribution is 1.23. The molecule has 0 aliphatic rings. The van der Waals surface area contributed by atoms with Crippen LogP contribution in [-0.2, 0) is 0 Å². The molecule has 0 aliphatic carbocycles. The number of nitrogens with two attached hydrogens (primary N) is 1. The molecule has 0 amide bonds. The molecule has 1 aromatic carbocycles. The fourth-order valence-corrected chi connectivity index (χ4v) is 1.99. The average molecular weight is 397 g/mol. The molecule has 1 aromatic heterocycles. The number of hydrogen-bond acceptors (Lipinski definition) is 3. The number of nitrogen functional groups attached to an aromatic ring is 1. The Bertz CT molecular complexity index is 470. The molecule has 0 fully saturated rings. The molecule has 0 atom stereocenters. The zero-order valence-electron chi connectivity index (χ0n) is 6.46. The molecule has 0 spiro atoms. The maximum absolute atomic E-state index is 5.72. The van der Waals surface area contributed by atoms with Gasteiger partial charge in [-0.3, -0.25) is 0 Å². The Morgan fingerprint density at radius 1 is 1.08 bits per heavy atom. The van der Waals surface area contributed by atoms with Crippen LogP contribution < -0.4 is 5.73 Å². The predicted octanol–water partition coefficient (Wildman–Crippen LogP) is 2.42. The molecule has 1 heterocycles. The lowest BCUT2D eigenvalue weighted by Crippen LogP contribution is -1.94. The van der Waals surface area contributed by atoms with Crippen molar-refractivity contribution in [2.45, 2.75) is 0 Å². The van der Waals surface area contributed by atoms with Crippen molar-refractivity contribution in [2.75, 3.05) is 5.73 Å². The standard InChI is InChI=1S/C8H5I2N3/c9-5-1-4-7(2-6(5)10)12-3-13-8(4)11/h1-3H,(H2,11,12,13). The molecular formula is C8H5I2N3. The van der Waals surface area contributed by atoms with Gasteiger partial charge in [0.2, 0.25) is 0 Å². The van der Waals surface area contributed by atoms with Gasteiger partial charge in [-0.2, -0.15) is 0 Å². The van der Waals surface area contributed by atoms with Crippen LogP contribution >= 0.6 is 45.2 Å². The Morgan fingerprint density at radius 2 is 1.77 bits per heavy atom. The first-order chi connectivity index (χ1) is 6.18. The van der Waals surface area contributed by atoms with Crippen molar-refractivity contribution in [3.63, 3.8) is 0 Å². The summed E-state index contributed by atoms with van der Waals surface area (Å²) in [6, 6.07) is 4.02. The second-order valence-electron chi connectivity index (χ2n) is 2.54. The zero-order valence-corrected chi connectivity index (χ0v) is 10.8. The van der Waals surface area contributed by atoms with Crippen LogP contribution in [0.3, 0.4) is 0 Å². The molecule has 0 saturated heterocycles. The quantitative estimate of drug-likeness (QED) is 0.696. The van der Waals surface area contributed by atoms with Crippen molar-refractivity contribution in [1.29, 1.82) is 0 Å². The van der Waals surface area contributed by atoms with Gasteiger partial charge >= 0.3 is 0 Å². The molecule has 0 radical (unpaired) electrons. The first-order valence-corrected chi connectivity index (χ1v) is 5.69. The highest BCUT2D eigenvalue weighted by Crippen LogP contribution is 2.23. The predicted molar refractivity (Wildman–Crippen MR) is 69.4 cm³/mol. The van der Waals surface area contributed by atoms with E-state index in [9.17, 15) is 0 Å². The van der Waals surface area contributed by atoms with E-state index in [1.54, 1.807) is 0 Å². The van der Waals surface area contributed by atoms with Gasteiger partial charge in [-0.15, -0.1) is 0 Å². The van der Waals surface area contributed by atoms with Crippen LogP contribution in [-0.4, -0.2) is 9.97 Å². The van der Waals surface area contributed by atoms with Gasteiger partial charge < -0.3 is 5.73 Å². The van der Waals surface area contributed by atoms with Gasteiger partial charge in [-0.05, 0) is 57.3 Å². The molecule has 0 saturated carbocycles. The second-order valence-corrected chi connectivity index (χ2v) is 4.87. The number of aromatic nitrogens is 2. The number of fused-ring (bicyclic) bond motifs is 1. The van der Waals surface area contributed by atoms with Gasteiger partial charge in [0.25, 0.3) is 0 Å². The average Bonchev–Trinajstić information content (AvgIpc) is 2.09. The number of anilines is 1. The highest BCUT2D eigenvalue weighted by molar-refractivity contribution is 14.1. The first-order valence-electron chi connectivity index (χ1n) is 3.53. The number of nitrogens with zero attached hydrogens (tertiary/aromatic N) is 2. The minimum absolute atomic E-state index is 0.541. The third-order valence-electron chi connectivity index (χ3n) is 1.71. The van der Waals surface area contributed by atoms with Crippen LogP contribution in [0, 0.1) is 7.14 Å². The smallest absolute Gasteiger partial charge is 0.134 e. The molecule has 2 N–H and O–H groups in total. The van der Waals surface area contributed by atoms with Crippen molar-refractivity contribution in [3.8, 4) is 0 Å². The summed E-state index contributed by atoms with van der Waals surface area (Å²) < 4.78 is 2.36. The van der Waals surface area contributed by atoms with E-state index in [4.69, 9.17) is 5.73 Å². The van der Waals surface area contributed by atoms with E-state index >= 15 is 0 Å². The van der Waals surface area contributed by atoms with Gasteiger partial charge in [0.1, 0.15) is 12.1 Å². The molecule has 2 aromatic rings. The summed E-state index contributed by atoms with van der Waals surface area (Å²) in [6.45, 7) is 0. The zero-order chi connectivity index (χ0) is 9.42. The normalized spacial score (nSPS) is 10.6. The Balaban J connectivity index is 2.89. The summed E-state index contributed by atoms with van der Waals surface area (Å²) in [6.07, 6.45) is 1.49. The highest BCUT2D eigenvalue weighted by atomic mass is 127. The third-order valence-corrected chi connectivity index (χ3v) is 4.53. The Labute approximate surface area is 102 Å². The van der Waals surface area contributed by atoms with E-state index in [-0.39, 0.29) is 0 Å². The van der Waals surface area contributed by atoms with Crippen LogP contribution in [0.5, 0.6) is 0 Å². The van der Waals surface area contributed by atoms with Gasteiger partial charge in [0.05, 0.1) is 5.52 Å². The van der Waals surface area contributed by atoms with Crippen LogP contribution in [0.25, 0.3) is 10.9 Å². The first kappa shape index (κ1) is 9.38. The van der Waals surface area contributed by atoms with Crippen molar-refractivity contribution >= 4 is 61.9 Å². The van der Waals surface area contributed by atoms with Crippen molar-refractivity contribution in [2.24, 2.45) is 0 Å². The van der Waals surface area contributed by atoms with Crippen molar-refractivity contribution in [1.82, 2.24) is 9.97 Å². The highest BCUT2D eigenvalue weighted by Gasteiger charge is 2.03. The summed E-state index contributed by atoms with van der Waals surface area (Å²) in [5.74, 6) is 0.541. The van der Waals surface area contributed by atoms with E-state index in [1.165, 1.54) is 13.5 Å². The Kier molecular flexibility index (Phi) is 2.54. The Hall–Kier alpha value is -0.180. The number of hydrogen-bond donors (Lipinski definition) is 1. The molecule has 0 bridgehead atoms. The van der Waals surface area contributed by atoms with Gasteiger partial charge in [0, 0.05) is 12.5 Å². The molecule has 66 valence electrons. The summed E-state index contributed by atoms with van der Waals surface area (Å²) in [5, 5.41) is 0.923. The lowest BCUT2D eigenvalue weighted by atomic mass is 10.2. The maximum Gasteiger partial charge on any atom is 0.134 e. The fraction of sp³-hybridized carbons (Fsp3) is 0. The summed E-state index contributed by atoms with van der Waals surface area (Å²) in [5.41, 5.74) is 6.62. The largest absolute Gasteiger partial charge is 0.383 e. The number of halogens is 2. The van der Waals surface area contributed by atoms with Crippen LogP contribution in [0.2, 0.25) is 0 Å². The van der Waals surface area contributed by atoms with E-state index in [1.807, 2.05) is 12.1 Å². The SMILES string of the molecule is Nc1ncnc2cc(I)c(I)cc12. The van der Waals surface area contributed by atoms with Crippen LogP contribution in [0.4, 0.5) is 5.82 Å². The Morgan fingerprint density at radius 3 is 2.54 bits per heavy atom. The van der Waals surface area contributed by atoms with Gasteiger partial charge in [-0.25, -0.2) is 9.97 Å². The summed E-state index contributed by atoms with van der Waals surface area (Å²) >= 11 is 4.55. The molecule has 13 heavy (non-hydrogen) atoms. The maximum atomic E-state index is 5.72. The van der Waals surface area contributed by atoms with Crippen LogP contribution in [0.15, 0.2) is 18.5 Å². The topological polar surface area (TPSA) is 51.8 Å². The van der Waals surface area contributed by atoms with Crippen molar-refractivity contribution in [3.05, 3.63) is 25.6 Å². The summed E-state index contributed by atoms with van der Waals surface area (Å²) in [7, 11) is 0. The fourth-order valence-electron chi connectivity index (χ4n) is 1.07. The van der Waals surface area contributed by atoms with E-state index in [2.05, 4.69) is 55.1 Å². The second kappa shape index (κ2) is 3.52. The molecule has 2 rings (SSSR count). The molecule has 0 aliphatic heterocycles. The lowest BCUT2D eigenvalue weighted by Gasteiger charge is -2.02. The molecule has 0 unspecified atom stereocenters. The summed E-state index contributed by atoms with van der Waals surface area (Å²) in [4.78, 5) is 8.08. The van der Waals surface area contributed by atoms with E-state index < -0.39 is 0 Å². The number of rotatable bonds is 0. The minimum atomic E-state index is 0.541. The number of benzene rings is 1. The van der Waals surface area contributed by atoms with Crippen LogP contribution in [0.1, 0.15) is 0 Å². The van der Waals surface area contributed by atoms with Gasteiger partial charge in [-0.1, -0.05) is 0 Å². The third kappa shape index (κ3) is 1.71. The van der Waals surface area contributed by atoms with Gasteiger partial charge in [0.15, 0.2) is 0 Å². The van der Waals surface area contributed by atoms with Crippen molar-refractivity contribution < 1.29 is 0 Å². The molecule has 3 nitrogen and oxygen atoms in total.